The number of carbonyl (C=O) groups excluding carboxylic acids is 1. The largest absolute Gasteiger partial charge is 0.354 e. The minimum absolute atomic E-state index is 0.197. The van der Waals surface area contributed by atoms with Crippen molar-refractivity contribution in [1.29, 1.82) is 0 Å². The normalized spacial score (nSPS) is 13.3. The number of hydrogen-bond donors (Lipinski definition) is 2. The Bertz CT molecular complexity index is 894. The molecule has 0 saturated heterocycles. The van der Waals surface area contributed by atoms with Gasteiger partial charge in [-0.2, -0.15) is 5.10 Å². The number of rotatable bonds is 1. The van der Waals surface area contributed by atoms with E-state index in [4.69, 9.17) is 11.6 Å². The van der Waals surface area contributed by atoms with Crippen LogP contribution >= 0.6 is 11.6 Å². The molecule has 4 nitrogen and oxygen atoms in total. The summed E-state index contributed by atoms with van der Waals surface area (Å²) in [6.45, 7) is 0. The summed E-state index contributed by atoms with van der Waals surface area (Å²) in [5.41, 5.74) is 6.88. The van der Waals surface area contributed by atoms with Gasteiger partial charge in [-0.25, -0.2) is 5.43 Å². The molecule has 0 aliphatic carbocycles. The Morgan fingerprint density at radius 2 is 1.86 bits per heavy atom. The van der Waals surface area contributed by atoms with Crippen LogP contribution in [0.5, 0.6) is 0 Å². The third kappa shape index (κ3) is 1.84. The molecule has 21 heavy (non-hydrogen) atoms. The van der Waals surface area contributed by atoms with Crippen molar-refractivity contribution in [1.82, 2.24) is 10.4 Å². The molecular formula is C16H10ClN3O. The molecule has 1 aliphatic heterocycles. The van der Waals surface area contributed by atoms with Crippen molar-refractivity contribution in [2.24, 2.45) is 5.10 Å². The highest BCUT2D eigenvalue weighted by Gasteiger charge is 2.20. The van der Waals surface area contributed by atoms with Crippen LogP contribution in [0.25, 0.3) is 22.2 Å². The smallest absolute Gasteiger partial charge is 0.272 e. The van der Waals surface area contributed by atoms with E-state index in [0.717, 1.165) is 27.7 Å². The average Bonchev–Trinajstić information content (AvgIpc) is 2.77. The molecule has 1 aromatic heterocycles. The third-order valence-corrected chi connectivity index (χ3v) is 3.85. The Morgan fingerprint density at radius 3 is 2.67 bits per heavy atom. The highest BCUT2D eigenvalue weighted by Crippen LogP contribution is 2.32. The summed E-state index contributed by atoms with van der Waals surface area (Å²) in [6, 6.07) is 13.2. The summed E-state index contributed by atoms with van der Waals surface area (Å²) in [6.07, 6.45) is 1.68. The van der Waals surface area contributed by atoms with Gasteiger partial charge in [-0.3, -0.25) is 4.79 Å². The van der Waals surface area contributed by atoms with Crippen LogP contribution in [0.2, 0.25) is 5.02 Å². The lowest BCUT2D eigenvalue weighted by atomic mass is 10.0. The Labute approximate surface area is 125 Å². The summed E-state index contributed by atoms with van der Waals surface area (Å²) in [5, 5.41) is 5.57. The molecule has 0 spiro atoms. The van der Waals surface area contributed by atoms with Gasteiger partial charge in [-0.1, -0.05) is 29.8 Å². The number of hydrogen-bond acceptors (Lipinski definition) is 2. The van der Waals surface area contributed by atoms with Crippen LogP contribution in [0.3, 0.4) is 0 Å². The van der Waals surface area contributed by atoms with E-state index in [1.165, 1.54) is 0 Å². The first-order chi connectivity index (χ1) is 10.2. The lowest BCUT2D eigenvalue weighted by Gasteiger charge is -2.00. The zero-order valence-electron chi connectivity index (χ0n) is 10.9. The van der Waals surface area contributed by atoms with Crippen molar-refractivity contribution in [3.63, 3.8) is 0 Å². The molecule has 0 saturated carbocycles. The van der Waals surface area contributed by atoms with Gasteiger partial charge >= 0.3 is 0 Å². The maximum absolute atomic E-state index is 12.0. The number of carbonyl (C=O) groups is 1. The SMILES string of the molecule is O=C1NN=Cc2c(-c3ccc(Cl)cc3)[nH]c3cccc1c23. The van der Waals surface area contributed by atoms with Crippen molar-refractivity contribution >= 4 is 34.6 Å². The van der Waals surface area contributed by atoms with Crippen LogP contribution in [0.15, 0.2) is 47.6 Å². The number of nitrogens with one attached hydrogen (secondary N) is 2. The lowest BCUT2D eigenvalue weighted by Crippen LogP contribution is -2.16. The van der Waals surface area contributed by atoms with E-state index in [-0.39, 0.29) is 5.91 Å². The van der Waals surface area contributed by atoms with E-state index in [9.17, 15) is 4.79 Å². The van der Waals surface area contributed by atoms with E-state index in [2.05, 4.69) is 15.5 Å². The molecule has 2 aromatic carbocycles. The molecule has 4 rings (SSSR count). The lowest BCUT2D eigenvalue weighted by molar-refractivity contribution is 0.0957. The van der Waals surface area contributed by atoms with E-state index in [1.807, 2.05) is 36.4 Å². The Hall–Kier alpha value is -2.59. The molecule has 0 atom stereocenters. The monoisotopic (exact) mass is 295 g/mol. The highest BCUT2D eigenvalue weighted by atomic mass is 35.5. The fraction of sp³-hybridized carbons (Fsp3) is 0. The zero-order chi connectivity index (χ0) is 14.4. The van der Waals surface area contributed by atoms with Crippen LogP contribution in [0.1, 0.15) is 15.9 Å². The highest BCUT2D eigenvalue weighted by molar-refractivity contribution is 6.30. The van der Waals surface area contributed by atoms with Gasteiger partial charge < -0.3 is 4.98 Å². The molecule has 0 unspecified atom stereocenters. The number of aromatic nitrogens is 1. The van der Waals surface area contributed by atoms with Gasteiger partial charge in [-0.15, -0.1) is 0 Å². The summed E-state index contributed by atoms with van der Waals surface area (Å²) in [4.78, 5) is 15.4. The van der Waals surface area contributed by atoms with Crippen molar-refractivity contribution in [2.45, 2.75) is 0 Å². The van der Waals surface area contributed by atoms with E-state index < -0.39 is 0 Å². The van der Waals surface area contributed by atoms with Crippen LogP contribution in [0.4, 0.5) is 0 Å². The van der Waals surface area contributed by atoms with Gasteiger partial charge in [0.1, 0.15) is 0 Å². The summed E-state index contributed by atoms with van der Waals surface area (Å²) in [5.74, 6) is -0.197. The third-order valence-electron chi connectivity index (χ3n) is 3.60. The zero-order valence-corrected chi connectivity index (χ0v) is 11.6. The van der Waals surface area contributed by atoms with Gasteiger partial charge in [-0.05, 0) is 29.8 Å². The van der Waals surface area contributed by atoms with E-state index >= 15 is 0 Å². The van der Waals surface area contributed by atoms with Gasteiger partial charge in [0.25, 0.3) is 5.91 Å². The second-order valence-electron chi connectivity index (χ2n) is 4.85. The van der Waals surface area contributed by atoms with Crippen LogP contribution in [0, 0.1) is 0 Å². The number of benzene rings is 2. The van der Waals surface area contributed by atoms with E-state index in [1.54, 1.807) is 12.3 Å². The number of H-pyrrole nitrogens is 1. The summed E-state index contributed by atoms with van der Waals surface area (Å²) in [7, 11) is 0. The number of nitrogens with zero attached hydrogens (tertiary/aromatic N) is 1. The molecule has 1 aliphatic rings. The minimum atomic E-state index is -0.197. The van der Waals surface area contributed by atoms with Crippen molar-refractivity contribution in [3.8, 4) is 11.3 Å². The predicted molar refractivity (Wildman–Crippen MR) is 83.8 cm³/mol. The molecule has 0 fully saturated rings. The molecule has 2 N–H and O–H groups in total. The maximum atomic E-state index is 12.0. The maximum Gasteiger partial charge on any atom is 0.272 e. The van der Waals surface area contributed by atoms with Crippen LogP contribution in [-0.2, 0) is 0 Å². The standard InChI is InChI=1S/C16H10ClN3O/c17-10-6-4-9(5-7-10)15-12-8-18-20-16(21)11-2-1-3-13(19-15)14(11)12/h1-8,19H,(H,20,21). The van der Waals surface area contributed by atoms with Gasteiger partial charge in [0.15, 0.2) is 0 Å². The Morgan fingerprint density at radius 1 is 1.05 bits per heavy atom. The van der Waals surface area contributed by atoms with E-state index in [0.29, 0.717) is 10.6 Å². The summed E-state index contributed by atoms with van der Waals surface area (Å²) >= 11 is 5.94. The average molecular weight is 296 g/mol. The molecule has 0 radical (unpaired) electrons. The van der Waals surface area contributed by atoms with Crippen LogP contribution < -0.4 is 5.43 Å². The Kier molecular flexibility index (Phi) is 2.59. The second kappa shape index (κ2) is 4.46. The van der Waals surface area contributed by atoms with Crippen molar-refractivity contribution in [2.75, 3.05) is 0 Å². The first kappa shape index (κ1) is 12.2. The fourth-order valence-electron chi connectivity index (χ4n) is 2.65. The van der Waals surface area contributed by atoms with Gasteiger partial charge in [0.05, 0.1) is 17.5 Å². The molecule has 0 bridgehead atoms. The Balaban J connectivity index is 2.06. The quantitative estimate of drug-likeness (QED) is 0.708. The number of aromatic amines is 1. The number of halogens is 1. The molecule has 5 heteroatoms. The number of hydrazone groups is 1. The topological polar surface area (TPSA) is 57.2 Å². The first-order valence-corrected chi connectivity index (χ1v) is 6.86. The fourth-order valence-corrected chi connectivity index (χ4v) is 2.78. The van der Waals surface area contributed by atoms with Crippen molar-refractivity contribution < 1.29 is 4.79 Å². The van der Waals surface area contributed by atoms with Gasteiger partial charge in [0.2, 0.25) is 0 Å². The number of amides is 1. The van der Waals surface area contributed by atoms with Gasteiger partial charge in [0, 0.05) is 21.5 Å². The molecule has 1 amide bonds. The second-order valence-corrected chi connectivity index (χ2v) is 5.28. The molecular weight excluding hydrogens is 286 g/mol. The molecule has 2 heterocycles. The first-order valence-electron chi connectivity index (χ1n) is 6.48. The van der Waals surface area contributed by atoms with Crippen LogP contribution in [-0.4, -0.2) is 17.1 Å². The summed E-state index contributed by atoms with van der Waals surface area (Å²) < 4.78 is 0. The molecule has 3 aromatic rings. The predicted octanol–water partition coefficient (Wildman–Crippen LogP) is 3.57. The minimum Gasteiger partial charge on any atom is -0.354 e. The molecule has 102 valence electrons. The van der Waals surface area contributed by atoms with Crippen molar-refractivity contribution in [3.05, 3.63) is 58.6 Å².